The maximum Gasteiger partial charge on any atom is 0.130 e. The maximum atomic E-state index is 13.5. The van der Waals surface area contributed by atoms with E-state index in [0.29, 0.717) is 12.5 Å². The molecular formula is C13H16BrF2N. The Morgan fingerprint density at radius 1 is 1.29 bits per heavy atom. The number of halogens is 3. The third kappa shape index (κ3) is 3.26. The van der Waals surface area contributed by atoms with Gasteiger partial charge in [0.15, 0.2) is 0 Å². The van der Waals surface area contributed by atoms with Crippen LogP contribution < -0.4 is 0 Å². The van der Waals surface area contributed by atoms with Crippen molar-refractivity contribution in [2.24, 2.45) is 5.92 Å². The van der Waals surface area contributed by atoms with E-state index in [0.717, 1.165) is 24.8 Å². The molecule has 1 atom stereocenters. The third-order valence-electron chi connectivity index (χ3n) is 3.26. The molecule has 1 heterocycles. The van der Waals surface area contributed by atoms with E-state index >= 15 is 0 Å². The number of nitrogens with zero attached hydrogens (tertiary/aromatic N) is 1. The van der Waals surface area contributed by atoms with Crippen molar-refractivity contribution >= 4 is 15.9 Å². The highest BCUT2D eigenvalue weighted by Gasteiger charge is 2.21. The average molecular weight is 304 g/mol. The van der Waals surface area contributed by atoms with Crippen molar-refractivity contribution in [3.63, 3.8) is 0 Å². The van der Waals surface area contributed by atoms with E-state index < -0.39 is 11.6 Å². The van der Waals surface area contributed by atoms with E-state index in [1.165, 1.54) is 24.6 Å². The summed E-state index contributed by atoms with van der Waals surface area (Å²) in [6, 6.07) is 4.06. The summed E-state index contributed by atoms with van der Waals surface area (Å²) in [5.41, 5.74) is 0.197. The second-order valence-corrected chi connectivity index (χ2v) is 5.25. The Morgan fingerprint density at radius 3 is 2.65 bits per heavy atom. The van der Waals surface area contributed by atoms with Crippen LogP contribution in [0.3, 0.4) is 0 Å². The summed E-state index contributed by atoms with van der Waals surface area (Å²) in [7, 11) is 0. The summed E-state index contributed by atoms with van der Waals surface area (Å²) in [5.74, 6) is -0.282. The fourth-order valence-electron chi connectivity index (χ4n) is 2.33. The van der Waals surface area contributed by atoms with Crippen molar-refractivity contribution in [2.45, 2.75) is 19.4 Å². The molecule has 0 aliphatic carbocycles. The van der Waals surface area contributed by atoms with Gasteiger partial charge < -0.3 is 0 Å². The van der Waals surface area contributed by atoms with Gasteiger partial charge in [0.2, 0.25) is 0 Å². The summed E-state index contributed by atoms with van der Waals surface area (Å²) in [5, 5.41) is 0.962. The molecule has 0 bridgehead atoms. The Bertz CT molecular complexity index is 363. The lowest BCUT2D eigenvalue weighted by molar-refractivity contribution is 0.175. The van der Waals surface area contributed by atoms with Crippen LogP contribution in [0.25, 0.3) is 0 Å². The zero-order chi connectivity index (χ0) is 12.3. The standard InChI is InChI=1S/C13H16BrF2N/c14-7-10-3-2-6-17(8-10)9-11-12(15)4-1-5-13(11)16/h1,4-5,10H,2-3,6-9H2. The highest BCUT2D eigenvalue weighted by atomic mass is 79.9. The largest absolute Gasteiger partial charge is 0.299 e. The van der Waals surface area contributed by atoms with Crippen LogP contribution in [-0.4, -0.2) is 23.3 Å². The number of hydrogen-bond acceptors (Lipinski definition) is 1. The Hall–Kier alpha value is -0.480. The number of alkyl halides is 1. The van der Waals surface area contributed by atoms with Crippen LogP contribution >= 0.6 is 15.9 Å². The van der Waals surface area contributed by atoms with E-state index in [9.17, 15) is 8.78 Å². The second-order valence-electron chi connectivity index (χ2n) is 4.60. The van der Waals surface area contributed by atoms with E-state index in [-0.39, 0.29) is 5.56 Å². The Labute approximate surface area is 109 Å². The number of hydrogen-bond donors (Lipinski definition) is 0. The topological polar surface area (TPSA) is 3.24 Å². The molecule has 4 heteroatoms. The van der Waals surface area contributed by atoms with Crippen LogP contribution in [0.1, 0.15) is 18.4 Å². The fourth-order valence-corrected chi connectivity index (χ4v) is 2.86. The Balaban J connectivity index is 2.05. The molecule has 0 N–H and O–H groups in total. The molecule has 1 saturated heterocycles. The van der Waals surface area contributed by atoms with Crippen molar-refractivity contribution in [2.75, 3.05) is 18.4 Å². The predicted molar refractivity (Wildman–Crippen MR) is 68.2 cm³/mol. The highest BCUT2D eigenvalue weighted by Crippen LogP contribution is 2.22. The predicted octanol–water partition coefficient (Wildman–Crippen LogP) is 3.57. The van der Waals surface area contributed by atoms with Gasteiger partial charge in [-0.15, -0.1) is 0 Å². The minimum Gasteiger partial charge on any atom is -0.299 e. The van der Waals surface area contributed by atoms with Gasteiger partial charge in [0.1, 0.15) is 11.6 Å². The Morgan fingerprint density at radius 2 is 2.00 bits per heavy atom. The van der Waals surface area contributed by atoms with Gasteiger partial charge in [-0.05, 0) is 37.4 Å². The van der Waals surface area contributed by atoms with Gasteiger partial charge in [0.05, 0.1) is 0 Å². The molecular weight excluding hydrogens is 288 g/mol. The molecule has 1 aromatic rings. The van der Waals surface area contributed by atoms with E-state index in [1.807, 2.05) is 0 Å². The summed E-state index contributed by atoms with van der Waals surface area (Å²) in [6.45, 7) is 2.22. The normalized spacial score (nSPS) is 21.7. The molecule has 1 nitrogen and oxygen atoms in total. The van der Waals surface area contributed by atoms with Crippen LogP contribution in [0.5, 0.6) is 0 Å². The van der Waals surface area contributed by atoms with Gasteiger partial charge in [-0.3, -0.25) is 4.90 Å². The zero-order valence-electron chi connectivity index (χ0n) is 9.63. The first-order valence-corrected chi connectivity index (χ1v) is 7.04. The van der Waals surface area contributed by atoms with Crippen molar-refractivity contribution in [3.05, 3.63) is 35.4 Å². The van der Waals surface area contributed by atoms with E-state index in [4.69, 9.17) is 0 Å². The fraction of sp³-hybridized carbons (Fsp3) is 0.538. The SMILES string of the molecule is Fc1cccc(F)c1CN1CCCC(CBr)C1. The van der Waals surface area contributed by atoms with Crippen molar-refractivity contribution in [1.29, 1.82) is 0 Å². The van der Waals surface area contributed by atoms with Crippen molar-refractivity contribution < 1.29 is 8.78 Å². The number of rotatable bonds is 3. The molecule has 17 heavy (non-hydrogen) atoms. The third-order valence-corrected chi connectivity index (χ3v) is 4.18. The summed E-state index contributed by atoms with van der Waals surface area (Å²) in [6.07, 6.45) is 2.30. The molecule has 0 spiro atoms. The summed E-state index contributed by atoms with van der Waals surface area (Å²) < 4.78 is 27.0. The first-order chi connectivity index (χ1) is 8.20. The van der Waals surface area contributed by atoms with Crippen LogP contribution in [0.4, 0.5) is 8.78 Å². The lowest BCUT2D eigenvalue weighted by Gasteiger charge is -2.31. The van der Waals surface area contributed by atoms with Crippen LogP contribution in [-0.2, 0) is 6.54 Å². The smallest absolute Gasteiger partial charge is 0.130 e. The van der Waals surface area contributed by atoms with Gasteiger partial charge in [-0.2, -0.15) is 0 Å². The Kier molecular flexibility index (Phi) is 4.51. The average Bonchev–Trinajstić information content (AvgIpc) is 2.34. The molecule has 1 aliphatic rings. The molecule has 0 amide bonds. The van der Waals surface area contributed by atoms with Gasteiger partial charge in [-0.1, -0.05) is 22.0 Å². The molecule has 1 aliphatic heterocycles. The number of benzene rings is 1. The minimum atomic E-state index is -0.439. The zero-order valence-corrected chi connectivity index (χ0v) is 11.2. The van der Waals surface area contributed by atoms with Crippen molar-refractivity contribution in [1.82, 2.24) is 4.90 Å². The summed E-state index contributed by atoms with van der Waals surface area (Å²) in [4.78, 5) is 2.14. The molecule has 1 fully saturated rings. The van der Waals surface area contributed by atoms with Gasteiger partial charge in [0.25, 0.3) is 0 Å². The number of likely N-dealkylation sites (tertiary alicyclic amines) is 1. The van der Waals surface area contributed by atoms with E-state index in [2.05, 4.69) is 20.8 Å². The van der Waals surface area contributed by atoms with Gasteiger partial charge in [-0.25, -0.2) is 8.78 Å². The van der Waals surface area contributed by atoms with Gasteiger partial charge in [0, 0.05) is 24.0 Å². The quantitative estimate of drug-likeness (QED) is 0.772. The van der Waals surface area contributed by atoms with Crippen molar-refractivity contribution in [3.8, 4) is 0 Å². The molecule has 0 radical (unpaired) electrons. The van der Waals surface area contributed by atoms with Crippen LogP contribution in [0.15, 0.2) is 18.2 Å². The van der Waals surface area contributed by atoms with Crippen LogP contribution in [0, 0.1) is 17.6 Å². The molecule has 0 saturated carbocycles. The molecule has 1 aromatic carbocycles. The van der Waals surface area contributed by atoms with Gasteiger partial charge >= 0.3 is 0 Å². The second kappa shape index (κ2) is 5.91. The minimum absolute atomic E-state index is 0.197. The van der Waals surface area contributed by atoms with Crippen LogP contribution in [0.2, 0.25) is 0 Å². The number of piperidine rings is 1. The summed E-state index contributed by atoms with van der Waals surface area (Å²) >= 11 is 3.48. The lowest BCUT2D eigenvalue weighted by Crippen LogP contribution is -2.36. The lowest BCUT2D eigenvalue weighted by atomic mass is 9.99. The molecule has 1 unspecified atom stereocenters. The highest BCUT2D eigenvalue weighted by molar-refractivity contribution is 9.09. The first kappa shape index (κ1) is 13.0. The monoisotopic (exact) mass is 303 g/mol. The van der Waals surface area contributed by atoms with E-state index in [1.54, 1.807) is 0 Å². The molecule has 0 aromatic heterocycles. The molecule has 2 rings (SSSR count). The maximum absolute atomic E-state index is 13.5. The molecule has 94 valence electrons. The first-order valence-electron chi connectivity index (χ1n) is 5.92.